The third-order valence-corrected chi connectivity index (χ3v) is 7.70. The van der Waals surface area contributed by atoms with Crippen LogP contribution >= 0.6 is 0 Å². The highest BCUT2D eigenvalue weighted by Gasteiger charge is 2.34. The minimum Gasteiger partial charge on any atom is -0.388 e. The van der Waals surface area contributed by atoms with E-state index in [2.05, 4.69) is 19.2 Å². The van der Waals surface area contributed by atoms with Gasteiger partial charge in [-0.15, -0.1) is 0 Å². The summed E-state index contributed by atoms with van der Waals surface area (Å²) in [4.78, 5) is 30.7. The molecule has 1 unspecified atom stereocenters. The molecule has 2 aliphatic heterocycles. The Hall–Kier alpha value is -2.15. The molecule has 0 bridgehead atoms. The molecular formula is C30H48FN3O7. The average molecular weight is 582 g/mol. The highest BCUT2D eigenvalue weighted by atomic mass is 19.1. The molecule has 232 valence electrons. The van der Waals surface area contributed by atoms with E-state index < -0.39 is 30.0 Å². The second-order valence-electron chi connectivity index (χ2n) is 11.4. The number of methoxy groups -OCH3 is 1. The maximum Gasteiger partial charge on any atom is 0.256 e. The summed E-state index contributed by atoms with van der Waals surface area (Å²) in [5.74, 6) is -1.12. The lowest BCUT2D eigenvalue weighted by molar-refractivity contribution is -0.134. The molecule has 2 aliphatic rings. The number of halogens is 1. The Balaban J connectivity index is 1.91. The number of nitrogens with zero attached hydrogens (tertiary/aromatic N) is 2. The fraction of sp³-hybridized carbons (Fsp3) is 0.733. The number of nitrogens with one attached hydrogen (secondary N) is 1. The summed E-state index contributed by atoms with van der Waals surface area (Å²) in [5, 5.41) is 24.6. The maximum absolute atomic E-state index is 14.8. The van der Waals surface area contributed by atoms with Gasteiger partial charge in [0.15, 0.2) is 0 Å². The van der Waals surface area contributed by atoms with Gasteiger partial charge in [-0.2, -0.15) is 0 Å². The Morgan fingerprint density at radius 2 is 1.93 bits per heavy atom. The monoisotopic (exact) mass is 581 g/mol. The second kappa shape index (κ2) is 17.1. The van der Waals surface area contributed by atoms with Gasteiger partial charge in [0.05, 0.1) is 24.8 Å². The number of ether oxygens (including phenoxy) is 3. The summed E-state index contributed by atoms with van der Waals surface area (Å²) < 4.78 is 31.6. The zero-order valence-electron chi connectivity index (χ0n) is 24.7. The van der Waals surface area contributed by atoms with Crippen molar-refractivity contribution in [2.75, 3.05) is 59.7 Å². The Morgan fingerprint density at radius 1 is 1.15 bits per heavy atom. The van der Waals surface area contributed by atoms with Gasteiger partial charge in [0, 0.05) is 52.5 Å². The molecule has 2 heterocycles. The van der Waals surface area contributed by atoms with Crippen LogP contribution in [0.3, 0.4) is 0 Å². The van der Waals surface area contributed by atoms with E-state index in [4.69, 9.17) is 14.2 Å². The van der Waals surface area contributed by atoms with E-state index >= 15 is 0 Å². The van der Waals surface area contributed by atoms with Crippen molar-refractivity contribution in [3.63, 3.8) is 0 Å². The molecule has 0 aliphatic carbocycles. The predicted molar refractivity (Wildman–Crippen MR) is 152 cm³/mol. The first-order valence-electron chi connectivity index (χ1n) is 14.8. The zero-order valence-corrected chi connectivity index (χ0v) is 24.7. The first-order valence-corrected chi connectivity index (χ1v) is 14.8. The number of aliphatic hydroxyl groups is 2. The third-order valence-electron chi connectivity index (χ3n) is 7.70. The SMILES string of the molecule is CO[C@@H]1CN(C(=O)c2ccccc2F)C[C@@H](CC(C)C)N(C(=O)CNCC2CCCO2)CCCCOC[C@@H](O)[C@H]1O. The highest BCUT2D eigenvalue weighted by Crippen LogP contribution is 2.20. The minimum atomic E-state index is -1.35. The van der Waals surface area contributed by atoms with E-state index in [1.54, 1.807) is 6.07 Å². The quantitative estimate of drug-likeness (QED) is 0.425. The Bertz CT molecular complexity index is 946. The first-order chi connectivity index (χ1) is 19.7. The van der Waals surface area contributed by atoms with E-state index in [0.29, 0.717) is 39.0 Å². The lowest BCUT2D eigenvalue weighted by Gasteiger charge is -2.39. The third kappa shape index (κ3) is 10.3. The molecule has 3 rings (SSSR count). The molecule has 3 N–H and O–H groups in total. The molecule has 41 heavy (non-hydrogen) atoms. The van der Waals surface area contributed by atoms with Gasteiger partial charge in [-0.25, -0.2) is 4.39 Å². The number of hydrogen-bond donors (Lipinski definition) is 3. The Kier molecular flexibility index (Phi) is 13.9. The van der Waals surface area contributed by atoms with Crippen LogP contribution in [0, 0.1) is 11.7 Å². The van der Waals surface area contributed by atoms with E-state index in [0.717, 1.165) is 19.4 Å². The van der Waals surface area contributed by atoms with Gasteiger partial charge in [-0.3, -0.25) is 9.59 Å². The molecule has 2 amide bonds. The van der Waals surface area contributed by atoms with Crippen LogP contribution in [0.4, 0.5) is 4.39 Å². The largest absolute Gasteiger partial charge is 0.388 e. The molecule has 11 heteroatoms. The maximum atomic E-state index is 14.8. The van der Waals surface area contributed by atoms with Crippen LogP contribution in [0.1, 0.15) is 56.3 Å². The molecular weight excluding hydrogens is 533 g/mol. The molecule has 0 spiro atoms. The summed E-state index contributed by atoms with van der Waals surface area (Å²) in [6, 6.07) is 5.37. The lowest BCUT2D eigenvalue weighted by Crippen LogP contribution is -2.55. The van der Waals surface area contributed by atoms with Crippen LogP contribution in [-0.4, -0.2) is 122 Å². The van der Waals surface area contributed by atoms with Gasteiger partial charge in [-0.05, 0) is 50.2 Å². The number of benzene rings is 1. The summed E-state index contributed by atoms with van der Waals surface area (Å²) in [5.41, 5.74) is -0.110. The van der Waals surface area contributed by atoms with Crippen molar-refractivity contribution < 1.29 is 38.4 Å². The molecule has 5 atom stereocenters. The normalized spacial score (nSPS) is 27.1. The predicted octanol–water partition coefficient (Wildman–Crippen LogP) is 1.83. The van der Waals surface area contributed by atoms with Gasteiger partial charge in [-0.1, -0.05) is 26.0 Å². The van der Waals surface area contributed by atoms with Gasteiger partial charge in [0.1, 0.15) is 24.1 Å². The second-order valence-corrected chi connectivity index (χ2v) is 11.4. The molecule has 0 saturated carbocycles. The standard InChI is InChI=1S/C30H48FN3O7/c1-21(2)15-22-18-33(30(38)24-10-4-5-11-25(24)31)19-27(39-3)29(37)26(35)20-40-13-7-6-12-34(22)28(36)17-32-16-23-9-8-14-41-23/h4-5,10-11,21-23,26-27,29,32,35,37H,6-9,12-20H2,1-3H3/t22-,23?,26-,27-,29-/m1/s1. The summed E-state index contributed by atoms with van der Waals surface area (Å²) in [6.45, 7) is 6.30. The Labute approximate surface area is 243 Å². The van der Waals surface area contributed by atoms with E-state index in [1.807, 2.05) is 4.90 Å². The average Bonchev–Trinajstić information content (AvgIpc) is 3.46. The van der Waals surface area contributed by atoms with Crippen LogP contribution in [0.5, 0.6) is 0 Å². The molecule has 0 aromatic heterocycles. The lowest BCUT2D eigenvalue weighted by atomic mass is 9.99. The number of carbonyl (C=O) groups is 2. The fourth-order valence-corrected chi connectivity index (χ4v) is 5.48. The van der Waals surface area contributed by atoms with Crippen molar-refractivity contribution in [3.8, 4) is 0 Å². The van der Waals surface area contributed by atoms with Crippen molar-refractivity contribution in [2.24, 2.45) is 5.92 Å². The van der Waals surface area contributed by atoms with Crippen LogP contribution in [0.25, 0.3) is 0 Å². The molecule has 10 nitrogen and oxygen atoms in total. The van der Waals surface area contributed by atoms with Crippen LogP contribution in [0.2, 0.25) is 0 Å². The van der Waals surface area contributed by atoms with Gasteiger partial charge < -0.3 is 39.5 Å². The molecule has 0 radical (unpaired) electrons. The van der Waals surface area contributed by atoms with Gasteiger partial charge in [0.25, 0.3) is 5.91 Å². The van der Waals surface area contributed by atoms with Crippen molar-refractivity contribution in [2.45, 2.75) is 76.4 Å². The van der Waals surface area contributed by atoms with E-state index in [-0.39, 0.29) is 55.8 Å². The zero-order chi connectivity index (χ0) is 29.8. The van der Waals surface area contributed by atoms with Crippen LogP contribution < -0.4 is 5.32 Å². The number of hydrogen-bond acceptors (Lipinski definition) is 8. The smallest absolute Gasteiger partial charge is 0.256 e. The summed E-state index contributed by atoms with van der Waals surface area (Å²) in [7, 11) is 1.39. The number of rotatable bonds is 8. The molecule has 1 aromatic carbocycles. The van der Waals surface area contributed by atoms with Crippen LogP contribution in [-0.2, 0) is 19.0 Å². The highest BCUT2D eigenvalue weighted by molar-refractivity contribution is 5.94. The molecule has 1 aromatic rings. The molecule has 2 saturated heterocycles. The number of carbonyl (C=O) groups excluding carboxylic acids is 2. The minimum absolute atomic E-state index is 0.0845. The van der Waals surface area contributed by atoms with E-state index in [9.17, 15) is 24.2 Å². The Morgan fingerprint density at radius 3 is 2.61 bits per heavy atom. The van der Waals surface area contributed by atoms with Gasteiger partial charge in [0.2, 0.25) is 5.91 Å². The topological polar surface area (TPSA) is 121 Å². The van der Waals surface area contributed by atoms with Crippen molar-refractivity contribution in [3.05, 3.63) is 35.6 Å². The summed E-state index contributed by atoms with van der Waals surface area (Å²) in [6.07, 6.45) is 0.465. The fourth-order valence-electron chi connectivity index (χ4n) is 5.48. The van der Waals surface area contributed by atoms with Crippen molar-refractivity contribution in [1.82, 2.24) is 15.1 Å². The van der Waals surface area contributed by atoms with Crippen LogP contribution in [0.15, 0.2) is 24.3 Å². The van der Waals surface area contributed by atoms with E-state index in [1.165, 1.54) is 30.2 Å². The molecule has 2 fully saturated rings. The number of aliphatic hydroxyl groups excluding tert-OH is 2. The first kappa shape index (κ1) is 33.4. The number of amides is 2. The van der Waals surface area contributed by atoms with Gasteiger partial charge >= 0.3 is 0 Å². The van der Waals surface area contributed by atoms with Crippen molar-refractivity contribution >= 4 is 11.8 Å². The summed E-state index contributed by atoms with van der Waals surface area (Å²) >= 11 is 0. The van der Waals surface area contributed by atoms with Crippen molar-refractivity contribution in [1.29, 1.82) is 0 Å².